The Morgan fingerprint density at radius 2 is 1.92 bits per heavy atom. The largest absolute Gasteiger partial charge is 0.465 e. The average molecular weight is 523 g/mol. The van der Waals surface area contributed by atoms with Crippen LogP contribution < -0.4 is 5.32 Å². The van der Waals surface area contributed by atoms with Crippen molar-refractivity contribution in [1.29, 1.82) is 0 Å². The van der Waals surface area contributed by atoms with Gasteiger partial charge in [0.15, 0.2) is 11.0 Å². The zero-order valence-corrected chi connectivity index (χ0v) is 21.3. The van der Waals surface area contributed by atoms with E-state index in [0.29, 0.717) is 33.7 Å². The Kier molecular flexibility index (Phi) is 7.97. The van der Waals surface area contributed by atoms with Crippen molar-refractivity contribution in [1.82, 2.24) is 14.8 Å². The van der Waals surface area contributed by atoms with Crippen LogP contribution in [0.5, 0.6) is 0 Å². The fourth-order valence-corrected chi connectivity index (χ4v) is 5.32. The highest BCUT2D eigenvalue weighted by Crippen LogP contribution is 2.36. The number of allylic oxidation sites excluding steroid dienone is 1. The van der Waals surface area contributed by atoms with Crippen LogP contribution in [0.1, 0.15) is 15.9 Å². The molecule has 0 atom stereocenters. The van der Waals surface area contributed by atoms with Gasteiger partial charge in [0.2, 0.25) is 5.91 Å². The van der Waals surface area contributed by atoms with E-state index in [9.17, 15) is 14.0 Å². The molecule has 0 fully saturated rings. The number of benzene rings is 2. The second-order valence-corrected chi connectivity index (χ2v) is 9.53. The summed E-state index contributed by atoms with van der Waals surface area (Å²) in [6.45, 7) is 6.31. The predicted octanol–water partition coefficient (Wildman–Crippen LogP) is 5.82. The van der Waals surface area contributed by atoms with E-state index >= 15 is 0 Å². The number of nitrogens with zero attached hydrogens (tertiary/aromatic N) is 3. The van der Waals surface area contributed by atoms with E-state index in [2.05, 4.69) is 22.1 Å². The third-order valence-electron chi connectivity index (χ3n) is 5.34. The third-order valence-corrected chi connectivity index (χ3v) is 7.20. The van der Waals surface area contributed by atoms with Gasteiger partial charge >= 0.3 is 5.97 Å². The summed E-state index contributed by atoms with van der Waals surface area (Å²) in [4.78, 5) is 25.4. The number of esters is 1. The van der Waals surface area contributed by atoms with Crippen LogP contribution in [0, 0.1) is 12.7 Å². The van der Waals surface area contributed by atoms with Crippen molar-refractivity contribution < 1.29 is 18.7 Å². The molecule has 36 heavy (non-hydrogen) atoms. The molecule has 0 saturated heterocycles. The maximum atomic E-state index is 13.4. The van der Waals surface area contributed by atoms with Crippen molar-refractivity contribution in [3.63, 3.8) is 0 Å². The lowest BCUT2D eigenvalue weighted by molar-refractivity contribution is -0.113. The number of carbonyl (C=O) groups excluding carboxylic acids is 2. The summed E-state index contributed by atoms with van der Waals surface area (Å²) in [5, 5.41) is 14.1. The number of amides is 1. The molecule has 0 radical (unpaired) electrons. The minimum Gasteiger partial charge on any atom is -0.465 e. The van der Waals surface area contributed by atoms with Gasteiger partial charge in [-0.2, -0.15) is 0 Å². The predicted molar refractivity (Wildman–Crippen MR) is 141 cm³/mol. The van der Waals surface area contributed by atoms with E-state index < -0.39 is 5.97 Å². The molecule has 0 saturated carbocycles. The molecular formula is C26H23FN4O3S2. The molecule has 2 aromatic heterocycles. The van der Waals surface area contributed by atoms with Gasteiger partial charge < -0.3 is 10.1 Å². The first-order valence-electron chi connectivity index (χ1n) is 10.9. The number of carbonyl (C=O) groups is 2. The minimum atomic E-state index is -0.591. The maximum Gasteiger partial charge on any atom is 0.341 e. The molecule has 4 aromatic rings. The molecule has 2 aromatic carbocycles. The number of hydrogen-bond acceptors (Lipinski definition) is 7. The Bertz CT molecular complexity index is 1410. The van der Waals surface area contributed by atoms with Crippen molar-refractivity contribution in [2.24, 2.45) is 0 Å². The van der Waals surface area contributed by atoms with E-state index in [1.165, 1.54) is 42.3 Å². The number of methoxy groups -OCH3 is 1. The number of aromatic nitrogens is 3. The Morgan fingerprint density at radius 1 is 1.17 bits per heavy atom. The molecule has 0 spiro atoms. The lowest BCUT2D eigenvalue weighted by Gasteiger charge is -2.10. The van der Waals surface area contributed by atoms with E-state index in [1.54, 1.807) is 23.6 Å². The molecule has 0 bridgehead atoms. The van der Waals surface area contributed by atoms with Gasteiger partial charge in [-0.25, -0.2) is 9.18 Å². The number of rotatable bonds is 9. The molecule has 0 unspecified atom stereocenters. The van der Waals surface area contributed by atoms with Crippen LogP contribution in [-0.4, -0.2) is 39.5 Å². The highest BCUT2D eigenvalue weighted by atomic mass is 32.2. The SMILES string of the molecule is C=CCn1c(SCC(=O)Nc2scc(-c3ccc(F)cc3)c2C(=O)OC)nnc1-c1ccccc1C. The molecule has 0 aliphatic heterocycles. The van der Waals surface area contributed by atoms with E-state index in [1.807, 2.05) is 35.8 Å². The van der Waals surface area contributed by atoms with Gasteiger partial charge in [0, 0.05) is 23.1 Å². The van der Waals surface area contributed by atoms with Crippen molar-refractivity contribution in [2.75, 3.05) is 18.2 Å². The third kappa shape index (κ3) is 5.39. The summed E-state index contributed by atoms with van der Waals surface area (Å²) in [5.41, 5.74) is 3.45. The van der Waals surface area contributed by atoms with Crippen molar-refractivity contribution in [3.8, 4) is 22.5 Å². The highest BCUT2D eigenvalue weighted by Gasteiger charge is 2.23. The number of halogens is 1. The molecular weight excluding hydrogens is 499 g/mol. The second kappa shape index (κ2) is 11.3. The summed E-state index contributed by atoms with van der Waals surface area (Å²) in [6, 6.07) is 13.7. The van der Waals surface area contributed by atoms with Crippen LogP contribution in [0.3, 0.4) is 0 Å². The van der Waals surface area contributed by atoms with Crippen molar-refractivity contribution in [3.05, 3.63) is 83.5 Å². The summed E-state index contributed by atoms with van der Waals surface area (Å²) < 4.78 is 20.2. The number of thiophene rings is 1. The van der Waals surface area contributed by atoms with Crippen molar-refractivity contribution >= 4 is 40.0 Å². The van der Waals surface area contributed by atoms with Crippen LogP contribution in [0.25, 0.3) is 22.5 Å². The number of anilines is 1. The minimum absolute atomic E-state index is 0.0490. The van der Waals surface area contributed by atoms with Gasteiger partial charge in [0.05, 0.1) is 12.9 Å². The summed E-state index contributed by atoms with van der Waals surface area (Å²) in [5.74, 6) is -0.538. The van der Waals surface area contributed by atoms with E-state index in [-0.39, 0.29) is 23.0 Å². The van der Waals surface area contributed by atoms with Gasteiger partial charge in [0.1, 0.15) is 16.4 Å². The standard InChI is InChI=1S/C26H23FN4O3S2/c1-4-13-31-23(19-8-6-5-7-16(19)2)29-30-26(31)36-15-21(32)28-24-22(25(33)34-3)20(14-35-24)17-9-11-18(27)12-10-17/h4-12,14H,1,13,15H2,2-3H3,(H,28,32). The lowest BCUT2D eigenvalue weighted by Crippen LogP contribution is -2.16. The first kappa shape index (κ1) is 25.3. The van der Waals surface area contributed by atoms with Crippen LogP contribution in [-0.2, 0) is 16.1 Å². The average Bonchev–Trinajstić information content (AvgIpc) is 3.47. The van der Waals surface area contributed by atoms with Crippen LogP contribution in [0.15, 0.2) is 71.7 Å². The zero-order chi connectivity index (χ0) is 25.7. The Hall–Kier alpha value is -3.76. The van der Waals surface area contributed by atoms with Crippen LogP contribution >= 0.6 is 23.1 Å². The number of hydrogen-bond donors (Lipinski definition) is 1. The van der Waals surface area contributed by atoms with Crippen LogP contribution in [0.4, 0.5) is 9.39 Å². The molecule has 1 amide bonds. The second-order valence-electron chi connectivity index (χ2n) is 7.71. The van der Waals surface area contributed by atoms with Gasteiger partial charge in [-0.1, -0.05) is 54.2 Å². The summed E-state index contributed by atoms with van der Waals surface area (Å²) in [7, 11) is 1.27. The van der Waals surface area contributed by atoms with E-state index in [0.717, 1.165) is 11.1 Å². The number of aryl methyl sites for hydroxylation is 1. The van der Waals surface area contributed by atoms with E-state index in [4.69, 9.17) is 4.74 Å². The molecule has 0 aliphatic carbocycles. The fraction of sp³-hybridized carbons (Fsp3) is 0.154. The van der Waals surface area contributed by atoms with Crippen LogP contribution in [0.2, 0.25) is 0 Å². The zero-order valence-electron chi connectivity index (χ0n) is 19.7. The van der Waals surface area contributed by atoms with Gasteiger partial charge in [-0.3, -0.25) is 9.36 Å². The molecule has 4 rings (SSSR count). The molecule has 0 aliphatic rings. The topological polar surface area (TPSA) is 86.1 Å². The highest BCUT2D eigenvalue weighted by molar-refractivity contribution is 7.99. The fourth-order valence-electron chi connectivity index (χ4n) is 3.60. The van der Waals surface area contributed by atoms with Gasteiger partial charge in [0.25, 0.3) is 0 Å². The Morgan fingerprint density at radius 3 is 2.61 bits per heavy atom. The number of thioether (sulfide) groups is 1. The monoisotopic (exact) mass is 522 g/mol. The van der Waals surface area contributed by atoms with Gasteiger partial charge in [-0.05, 0) is 30.2 Å². The van der Waals surface area contributed by atoms with Gasteiger partial charge in [-0.15, -0.1) is 28.1 Å². The Labute approximate surface area is 216 Å². The lowest BCUT2D eigenvalue weighted by atomic mass is 10.0. The maximum absolute atomic E-state index is 13.4. The normalized spacial score (nSPS) is 10.8. The molecule has 7 nitrogen and oxygen atoms in total. The summed E-state index contributed by atoms with van der Waals surface area (Å²) in [6.07, 6.45) is 1.75. The number of ether oxygens (including phenoxy) is 1. The number of nitrogens with one attached hydrogen (secondary N) is 1. The molecule has 2 heterocycles. The summed E-state index contributed by atoms with van der Waals surface area (Å²) >= 11 is 2.44. The van der Waals surface area contributed by atoms with Crippen molar-refractivity contribution in [2.45, 2.75) is 18.6 Å². The molecule has 1 N–H and O–H groups in total. The first-order valence-corrected chi connectivity index (χ1v) is 12.8. The molecule has 184 valence electrons. The Balaban J connectivity index is 1.53. The smallest absolute Gasteiger partial charge is 0.341 e. The quantitative estimate of drug-likeness (QED) is 0.169. The first-order chi connectivity index (χ1) is 17.4. The molecule has 10 heteroatoms.